The van der Waals surface area contributed by atoms with E-state index in [0.29, 0.717) is 37.5 Å². The lowest BCUT2D eigenvalue weighted by molar-refractivity contribution is -0.123. The quantitative estimate of drug-likeness (QED) is 0.140. The van der Waals surface area contributed by atoms with Gasteiger partial charge in [-0.3, -0.25) is 4.79 Å². The molecule has 1 N–H and O–H groups in total. The van der Waals surface area contributed by atoms with Crippen LogP contribution in [-0.4, -0.2) is 46.0 Å². The number of ether oxygens (including phenoxy) is 5. The van der Waals surface area contributed by atoms with E-state index in [-0.39, 0.29) is 17.9 Å². The highest BCUT2D eigenvalue weighted by molar-refractivity contribution is 9.11. The molecule has 0 unspecified atom stereocenters. The number of benzene rings is 3. The Morgan fingerprint density at radius 1 is 0.919 bits per heavy atom. The van der Waals surface area contributed by atoms with E-state index in [1.165, 1.54) is 39.7 Å². The van der Waals surface area contributed by atoms with Gasteiger partial charge in [0.1, 0.15) is 5.75 Å². The molecule has 0 saturated heterocycles. The fraction of sp³-hybridized carbons (Fsp3) is 0.192. The van der Waals surface area contributed by atoms with E-state index in [0.717, 1.165) is 5.56 Å². The maximum Gasteiger partial charge on any atom is 0.343 e. The zero-order valence-electron chi connectivity index (χ0n) is 20.5. The number of carbonyl (C=O) groups excluding carboxylic acids is 2. The summed E-state index contributed by atoms with van der Waals surface area (Å²) in [6, 6.07) is 13.7. The summed E-state index contributed by atoms with van der Waals surface area (Å²) in [6.45, 7) is 1.74. The molecule has 3 rings (SSSR count). The number of nitrogens with zero attached hydrogens (tertiary/aromatic N) is 1. The second kappa shape index (κ2) is 13.1. The third kappa shape index (κ3) is 7.46. The number of carbonyl (C=O) groups is 2. The molecule has 0 atom stereocenters. The molecule has 0 saturated carbocycles. The van der Waals surface area contributed by atoms with Gasteiger partial charge in [0, 0.05) is 10.0 Å². The maximum absolute atomic E-state index is 13.0. The van der Waals surface area contributed by atoms with Crippen LogP contribution in [0, 0.1) is 6.92 Å². The normalized spacial score (nSPS) is 10.6. The van der Waals surface area contributed by atoms with E-state index in [9.17, 15) is 9.59 Å². The summed E-state index contributed by atoms with van der Waals surface area (Å²) >= 11 is 6.81. The molecule has 1 amide bonds. The van der Waals surface area contributed by atoms with Crippen LogP contribution < -0.4 is 29.1 Å². The van der Waals surface area contributed by atoms with Crippen LogP contribution in [0.2, 0.25) is 0 Å². The van der Waals surface area contributed by atoms with Crippen molar-refractivity contribution in [2.24, 2.45) is 5.10 Å². The molecule has 11 heteroatoms. The van der Waals surface area contributed by atoms with Crippen molar-refractivity contribution in [2.45, 2.75) is 6.92 Å². The van der Waals surface area contributed by atoms with Crippen LogP contribution in [0.1, 0.15) is 21.5 Å². The van der Waals surface area contributed by atoms with Crippen molar-refractivity contribution in [2.75, 3.05) is 27.9 Å². The number of amides is 1. The number of hydrogen-bond donors (Lipinski definition) is 1. The first kappa shape index (κ1) is 28.0. The van der Waals surface area contributed by atoms with Gasteiger partial charge in [-0.1, -0.05) is 33.6 Å². The van der Waals surface area contributed by atoms with Gasteiger partial charge in [0.25, 0.3) is 5.91 Å². The van der Waals surface area contributed by atoms with Gasteiger partial charge in [0.2, 0.25) is 5.75 Å². The molecule has 9 nitrogen and oxygen atoms in total. The van der Waals surface area contributed by atoms with Crippen molar-refractivity contribution in [3.05, 3.63) is 74.2 Å². The van der Waals surface area contributed by atoms with E-state index in [4.69, 9.17) is 23.7 Å². The molecule has 3 aromatic carbocycles. The average molecular weight is 636 g/mol. The molecule has 0 bridgehead atoms. The van der Waals surface area contributed by atoms with Gasteiger partial charge in [-0.15, -0.1) is 0 Å². The molecule has 0 aliphatic rings. The lowest BCUT2D eigenvalue weighted by atomic mass is 10.1. The summed E-state index contributed by atoms with van der Waals surface area (Å²) in [4.78, 5) is 25.2. The monoisotopic (exact) mass is 634 g/mol. The Bertz CT molecular complexity index is 1290. The molecule has 0 heterocycles. The Labute approximate surface area is 231 Å². The van der Waals surface area contributed by atoms with Crippen LogP contribution in [-0.2, 0) is 4.79 Å². The van der Waals surface area contributed by atoms with Crippen molar-refractivity contribution >= 4 is 50.0 Å². The fourth-order valence-electron chi connectivity index (χ4n) is 3.12. The highest BCUT2D eigenvalue weighted by Gasteiger charge is 2.20. The first-order valence-corrected chi connectivity index (χ1v) is 12.4. The Morgan fingerprint density at radius 2 is 1.57 bits per heavy atom. The van der Waals surface area contributed by atoms with Crippen LogP contribution in [0.3, 0.4) is 0 Å². The van der Waals surface area contributed by atoms with Crippen LogP contribution in [0.15, 0.2) is 62.6 Å². The number of halogens is 2. The summed E-state index contributed by atoms with van der Waals surface area (Å²) in [5, 5.41) is 3.97. The van der Waals surface area contributed by atoms with Gasteiger partial charge in [0.05, 0.1) is 37.6 Å². The van der Waals surface area contributed by atoms with Crippen LogP contribution in [0.4, 0.5) is 0 Å². The topological polar surface area (TPSA) is 105 Å². The standard InChI is InChI=1S/C26H24Br2N2O7/c1-15-5-7-19(8-6-15)36-14-23(31)30-29-13-17-9-18(27)12-20(28)24(17)37-26(32)16-10-21(33-2)25(35-4)22(11-16)34-3/h5-13H,14H2,1-4H3,(H,30,31). The van der Waals surface area contributed by atoms with Crippen molar-refractivity contribution in [3.8, 4) is 28.7 Å². The lowest BCUT2D eigenvalue weighted by Crippen LogP contribution is -2.24. The summed E-state index contributed by atoms with van der Waals surface area (Å²) in [5.74, 6) is 0.593. The summed E-state index contributed by atoms with van der Waals surface area (Å²) in [7, 11) is 4.37. The number of hydrazone groups is 1. The van der Waals surface area contributed by atoms with Gasteiger partial charge in [-0.2, -0.15) is 5.10 Å². The molecule has 37 heavy (non-hydrogen) atoms. The molecular formula is C26H24Br2N2O7. The number of aryl methyl sites for hydroxylation is 1. The largest absolute Gasteiger partial charge is 0.493 e. The Balaban J connectivity index is 1.75. The molecular weight excluding hydrogens is 612 g/mol. The zero-order chi connectivity index (χ0) is 26.9. The van der Waals surface area contributed by atoms with E-state index in [1.54, 1.807) is 24.3 Å². The molecule has 194 valence electrons. The van der Waals surface area contributed by atoms with Gasteiger partial charge in [0.15, 0.2) is 23.9 Å². The molecule has 0 aliphatic heterocycles. The van der Waals surface area contributed by atoms with Crippen molar-refractivity contribution in [1.82, 2.24) is 5.43 Å². The SMILES string of the molecule is COc1cc(C(=O)Oc2c(Br)cc(Br)cc2C=NNC(=O)COc2ccc(C)cc2)cc(OC)c1OC. The first-order chi connectivity index (χ1) is 17.7. The van der Waals surface area contributed by atoms with E-state index in [2.05, 4.69) is 42.4 Å². The van der Waals surface area contributed by atoms with Gasteiger partial charge in [-0.25, -0.2) is 10.2 Å². The second-order valence-electron chi connectivity index (χ2n) is 7.50. The minimum atomic E-state index is -0.674. The lowest BCUT2D eigenvalue weighted by Gasteiger charge is -2.15. The summed E-state index contributed by atoms with van der Waals surface area (Å²) in [5.41, 5.74) is 4.07. The highest BCUT2D eigenvalue weighted by Crippen LogP contribution is 2.39. The van der Waals surface area contributed by atoms with Crippen molar-refractivity contribution in [3.63, 3.8) is 0 Å². The molecule has 0 fully saturated rings. The van der Waals surface area contributed by atoms with Gasteiger partial charge < -0.3 is 23.7 Å². The molecule has 0 aliphatic carbocycles. The number of methoxy groups -OCH3 is 3. The highest BCUT2D eigenvalue weighted by atomic mass is 79.9. The van der Waals surface area contributed by atoms with Crippen LogP contribution in [0.5, 0.6) is 28.7 Å². The summed E-state index contributed by atoms with van der Waals surface area (Å²) in [6.07, 6.45) is 1.36. The van der Waals surface area contributed by atoms with Crippen LogP contribution >= 0.6 is 31.9 Å². The minimum Gasteiger partial charge on any atom is -0.493 e. The average Bonchev–Trinajstić information content (AvgIpc) is 2.89. The van der Waals surface area contributed by atoms with Crippen molar-refractivity contribution < 1.29 is 33.3 Å². The van der Waals surface area contributed by atoms with E-state index < -0.39 is 11.9 Å². The van der Waals surface area contributed by atoms with E-state index in [1.807, 2.05) is 19.1 Å². The molecule has 3 aromatic rings. The van der Waals surface area contributed by atoms with Crippen molar-refractivity contribution in [1.29, 1.82) is 0 Å². The first-order valence-electron chi connectivity index (χ1n) is 10.8. The smallest absolute Gasteiger partial charge is 0.343 e. The number of hydrogen-bond acceptors (Lipinski definition) is 8. The Kier molecular flexibility index (Phi) is 9.93. The zero-order valence-corrected chi connectivity index (χ0v) is 23.6. The van der Waals surface area contributed by atoms with E-state index >= 15 is 0 Å². The molecule has 0 aromatic heterocycles. The second-order valence-corrected chi connectivity index (χ2v) is 9.27. The minimum absolute atomic E-state index is 0.175. The van der Waals surface area contributed by atoms with Crippen LogP contribution in [0.25, 0.3) is 0 Å². The number of nitrogens with one attached hydrogen (secondary N) is 1. The Hall–Kier alpha value is -3.57. The summed E-state index contributed by atoms with van der Waals surface area (Å²) < 4.78 is 28.2. The van der Waals surface area contributed by atoms with Gasteiger partial charge >= 0.3 is 5.97 Å². The molecule has 0 spiro atoms. The third-order valence-electron chi connectivity index (χ3n) is 4.92. The third-order valence-corrected chi connectivity index (χ3v) is 5.96. The number of esters is 1. The Morgan fingerprint density at radius 3 is 2.16 bits per heavy atom. The predicted octanol–water partition coefficient (Wildman–Crippen LogP) is 5.29. The fourth-order valence-corrected chi connectivity index (χ4v) is 4.46. The number of rotatable bonds is 10. The predicted molar refractivity (Wildman–Crippen MR) is 145 cm³/mol. The van der Waals surface area contributed by atoms with Gasteiger partial charge in [-0.05, 0) is 59.3 Å². The maximum atomic E-state index is 13.0. The molecule has 0 radical (unpaired) electrons.